The van der Waals surface area contributed by atoms with Gasteiger partial charge in [0.1, 0.15) is 5.75 Å². The van der Waals surface area contributed by atoms with Crippen LogP contribution in [0.5, 0.6) is 5.75 Å². The van der Waals surface area contributed by atoms with Crippen molar-refractivity contribution in [2.45, 2.75) is 57.6 Å². The van der Waals surface area contributed by atoms with Gasteiger partial charge in [0.25, 0.3) is 0 Å². The smallest absolute Gasteiger partial charge is 0.128 e. The van der Waals surface area contributed by atoms with Crippen LogP contribution in [0.15, 0.2) is 6.20 Å². The number of hydrogen-bond donors (Lipinski definition) is 1. The Labute approximate surface area is 127 Å². The molecule has 0 aromatic carbocycles. The summed E-state index contributed by atoms with van der Waals surface area (Å²) in [6.07, 6.45) is 6.72. The van der Waals surface area contributed by atoms with Crippen LogP contribution in [0, 0.1) is 13.8 Å². The van der Waals surface area contributed by atoms with Gasteiger partial charge in [-0.1, -0.05) is 0 Å². The van der Waals surface area contributed by atoms with E-state index in [0.717, 1.165) is 42.0 Å². The average molecular weight is 290 g/mol. The van der Waals surface area contributed by atoms with Gasteiger partial charge in [-0.15, -0.1) is 0 Å². The van der Waals surface area contributed by atoms with Crippen LogP contribution in [-0.4, -0.2) is 46.8 Å². The normalized spacial score (nSPS) is 29.4. The molecule has 2 saturated heterocycles. The van der Waals surface area contributed by atoms with E-state index in [1.54, 1.807) is 7.11 Å². The summed E-state index contributed by atoms with van der Waals surface area (Å²) < 4.78 is 5.48. The van der Waals surface area contributed by atoms with Crippen molar-refractivity contribution in [1.82, 2.24) is 9.88 Å². The van der Waals surface area contributed by atoms with Gasteiger partial charge in [-0.05, 0) is 46.1 Å². The van der Waals surface area contributed by atoms with Crippen LogP contribution in [-0.2, 0) is 6.42 Å². The Kier molecular flexibility index (Phi) is 3.93. The van der Waals surface area contributed by atoms with E-state index < -0.39 is 5.60 Å². The molecule has 0 amide bonds. The topological polar surface area (TPSA) is 45.6 Å². The quantitative estimate of drug-likeness (QED) is 0.927. The van der Waals surface area contributed by atoms with E-state index in [2.05, 4.69) is 9.88 Å². The molecule has 2 aliphatic rings. The molecule has 1 aromatic heterocycles. The third-order valence-corrected chi connectivity index (χ3v) is 5.23. The molecule has 0 saturated carbocycles. The molecule has 2 atom stereocenters. The van der Waals surface area contributed by atoms with E-state index >= 15 is 0 Å². The lowest BCUT2D eigenvalue weighted by molar-refractivity contribution is -0.0361. The van der Waals surface area contributed by atoms with Crippen molar-refractivity contribution in [3.63, 3.8) is 0 Å². The van der Waals surface area contributed by atoms with Crippen LogP contribution in [0.25, 0.3) is 0 Å². The fourth-order valence-corrected chi connectivity index (χ4v) is 4.03. The first-order valence-corrected chi connectivity index (χ1v) is 7.98. The number of nitrogens with zero attached hydrogens (tertiary/aromatic N) is 2. The molecule has 1 N–H and O–H groups in total. The van der Waals surface area contributed by atoms with Gasteiger partial charge in [0.05, 0.1) is 12.7 Å². The van der Waals surface area contributed by atoms with Crippen LogP contribution >= 0.6 is 0 Å². The molecule has 2 fully saturated rings. The zero-order valence-electron chi connectivity index (χ0n) is 13.4. The Morgan fingerprint density at radius 1 is 1.43 bits per heavy atom. The van der Waals surface area contributed by atoms with E-state index in [1.807, 2.05) is 20.0 Å². The first kappa shape index (κ1) is 14.8. The summed E-state index contributed by atoms with van der Waals surface area (Å²) in [4.78, 5) is 7.09. The van der Waals surface area contributed by atoms with Crippen LogP contribution in [0.2, 0.25) is 0 Å². The number of hydrogen-bond acceptors (Lipinski definition) is 4. The van der Waals surface area contributed by atoms with Crippen LogP contribution in [0.3, 0.4) is 0 Å². The molecule has 0 bridgehead atoms. The van der Waals surface area contributed by atoms with E-state index in [9.17, 15) is 5.11 Å². The van der Waals surface area contributed by atoms with Gasteiger partial charge in [0.15, 0.2) is 0 Å². The number of methoxy groups -OCH3 is 1. The molecule has 0 radical (unpaired) electrons. The van der Waals surface area contributed by atoms with E-state index in [4.69, 9.17) is 4.74 Å². The monoisotopic (exact) mass is 290 g/mol. The minimum atomic E-state index is -0.608. The first-order valence-electron chi connectivity index (χ1n) is 7.98. The Morgan fingerprint density at radius 2 is 2.24 bits per heavy atom. The first-order chi connectivity index (χ1) is 10.0. The summed E-state index contributed by atoms with van der Waals surface area (Å²) >= 11 is 0. The third-order valence-electron chi connectivity index (χ3n) is 5.23. The highest BCUT2D eigenvalue weighted by molar-refractivity contribution is 5.41. The summed E-state index contributed by atoms with van der Waals surface area (Å²) in [6, 6.07) is 0.566. The van der Waals surface area contributed by atoms with Gasteiger partial charge in [-0.2, -0.15) is 0 Å². The highest BCUT2D eigenvalue weighted by Gasteiger charge is 2.40. The minimum Gasteiger partial charge on any atom is -0.496 e. The Hall–Kier alpha value is -1.13. The summed E-state index contributed by atoms with van der Waals surface area (Å²) in [5, 5.41) is 11.0. The summed E-state index contributed by atoms with van der Waals surface area (Å²) in [6.45, 7) is 6.27. The number of fused-ring (bicyclic) bond motifs is 1. The van der Waals surface area contributed by atoms with Gasteiger partial charge in [0, 0.05) is 42.0 Å². The molecular formula is C17H26N2O2. The second-order valence-electron chi connectivity index (χ2n) is 6.73. The summed E-state index contributed by atoms with van der Waals surface area (Å²) in [7, 11) is 1.70. The van der Waals surface area contributed by atoms with E-state index in [0.29, 0.717) is 12.5 Å². The largest absolute Gasteiger partial charge is 0.496 e. The van der Waals surface area contributed by atoms with Crippen molar-refractivity contribution >= 4 is 0 Å². The Bertz CT molecular complexity index is 532. The Morgan fingerprint density at radius 3 is 3.00 bits per heavy atom. The van der Waals surface area contributed by atoms with Gasteiger partial charge in [-0.3, -0.25) is 4.98 Å². The predicted octanol–water partition coefficient (Wildman–Crippen LogP) is 2.24. The van der Waals surface area contributed by atoms with Gasteiger partial charge in [0.2, 0.25) is 0 Å². The number of rotatable bonds is 3. The van der Waals surface area contributed by atoms with E-state index in [1.165, 1.54) is 19.4 Å². The van der Waals surface area contributed by atoms with Crippen LogP contribution in [0.4, 0.5) is 0 Å². The molecule has 3 rings (SSSR count). The molecular weight excluding hydrogens is 264 g/mol. The van der Waals surface area contributed by atoms with Gasteiger partial charge < -0.3 is 14.7 Å². The van der Waals surface area contributed by atoms with Crippen molar-refractivity contribution in [3.8, 4) is 5.75 Å². The molecule has 0 spiro atoms. The summed E-state index contributed by atoms with van der Waals surface area (Å²) in [5.74, 6) is 0.905. The van der Waals surface area contributed by atoms with E-state index in [-0.39, 0.29) is 0 Å². The number of aromatic nitrogens is 1. The fraction of sp³-hybridized carbons (Fsp3) is 0.706. The highest BCUT2D eigenvalue weighted by atomic mass is 16.5. The lowest BCUT2D eigenvalue weighted by Gasteiger charge is -2.41. The highest BCUT2D eigenvalue weighted by Crippen LogP contribution is 2.36. The molecule has 1 aromatic rings. The second kappa shape index (κ2) is 5.58. The standard InChI is InChI=1S/C17H26N2O2/c1-12-11-18-15(13(2)16(12)21-3)10-17(20)6-8-19-7-4-5-14(19)9-17/h11,14,20H,4-10H2,1-3H3. The Balaban J connectivity index is 1.80. The molecule has 4 heteroatoms. The summed E-state index contributed by atoms with van der Waals surface area (Å²) in [5.41, 5.74) is 2.49. The molecule has 2 aliphatic heterocycles. The number of pyridine rings is 1. The molecule has 2 unspecified atom stereocenters. The van der Waals surface area contributed by atoms with Crippen LogP contribution < -0.4 is 4.74 Å². The van der Waals surface area contributed by atoms with Crippen LogP contribution in [0.1, 0.15) is 42.5 Å². The number of piperidine rings is 1. The molecule has 21 heavy (non-hydrogen) atoms. The SMILES string of the molecule is COc1c(C)cnc(CC2(O)CCN3CCCC3C2)c1C. The maximum atomic E-state index is 11.0. The van der Waals surface area contributed by atoms with Crippen molar-refractivity contribution in [1.29, 1.82) is 0 Å². The maximum absolute atomic E-state index is 11.0. The van der Waals surface area contributed by atoms with Crippen molar-refractivity contribution in [3.05, 3.63) is 23.0 Å². The molecule has 0 aliphatic carbocycles. The maximum Gasteiger partial charge on any atom is 0.128 e. The predicted molar refractivity (Wildman–Crippen MR) is 82.7 cm³/mol. The lowest BCUT2D eigenvalue weighted by atomic mass is 9.82. The lowest BCUT2D eigenvalue weighted by Crippen LogP contribution is -2.49. The van der Waals surface area contributed by atoms with Crippen molar-refractivity contribution in [2.75, 3.05) is 20.2 Å². The van der Waals surface area contributed by atoms with Crippen molar-refractivity contribution in [2.24, 2.45) is 0 Å². The average Bonchev–Trinajstić information content (AvgIpc) is 2.89. The van der Waals surface area contributed by atoms with Gasteiger partial charge >= 0.3 is 0 Å². The zero-order chi connectivity index (χ0) is 15.0. The van der Waals surface area contributed by atoms with Crippen molar-refractivity contribution < 1.29 is 9.84 Å². The number of aryl methyl sites for hydroxylation is 1. The molecule has 116 valence electrons. The zero-order valence-corrected chi connectivity index (χ0v) is 13.4. The second-order valence-corrected chi connectivity index (χ2v) is 6.73. The molecule has 4 nitrogen and oxygen atoms in total. The van der Waals surface area contributed by atoms with Gasteiger partial charge in [-0.25, -0.2) is 0 Å². The fourth-order valence-electron chi connectivity index (χ4n) is 4.03. The minimum absolute atomic E-state index is 0.566. The number of aliphatic hydroxyl groups is 1. The third kappa shape index (κ3) is 2.79. The molecule has 3 heterocycles. The number of ether oxygens (including phenoxy) is 1.